The average molecular weight is 344 g/mol. The van der Waals surface area contributed by atoms with Crippen LogP contribution >= 0.6 is 11.8 Å². The fourth-order valence-electron chi connectivity index (χ4n) is 1.97. The lowest BCUT2D eigenvalue weighted by Crippen LogP contribution is -2.35. The first-order valence-electron chi connectivity index (χ1n) is 7.44. The van der Waals surface area contributed by atoms with Gasteiger partial charge in [-0.1, -0.05) is 24.3 Å². The SMILES string of the molecule is COc1cccc(SCC(=O)N(C)CC(=O)Nc2ccccc2)c1. The summed E-state index contributed by atoms with van der Waals surface area (Å²) >= 11 is 1.41. The molecule has 2 rings (SSSR count). The molecule has 0 aliphatic carbocycles. The molecule has 2 aromatic carbocycles. The number of nitrogens with zero attached hydrogens (tertiary/aromatic N) is 1. The highest BCUT2D eigenvalue weighted by molar-refractivity contribution is 8.00. The zero-order valence-corrected chi connectivity index (χ0v) is 14.5. The van der Waals surface area contributed by atoms with Crippen LogP contribution in [0, 0.1) is 0 Å². The van der Waals surface area contributed by atoms with E-state index in [1.54, 1.807) is 26.3 Å². The van der Waals surface area contributed by atoms with Gasteiger partial charge in [-0.3, -0.25) is 9.59 Å². The summed E-state index contributed by atoms with van der Waals surface area (Å²) in [6.07, 6.45) is 0. The second-order valence-electron chi connectivity index (χ2n) is 5.13. The lowest BCUT2D eigenvalue weighted by Gasteiger charge is -2.16. The summed E-state index contributed by atoms with van der Waals surface area (Å²) in [4.78, 5) is 26.5. The van der Waals surface area contributed by atoms with E-state index < -0.39 is 0 Å². The van der Waals surface area contributed by atoms with E-state index in [0.29, 0.717) is 5.69 Å². The smallest absolute Gasteiger partial charge is 0.243 e. The van der Waals surface area contributed by atoms with Crippen molar-refractivity contribution in [1.82, 2.24) is 4.90 Å². The fourth-order valence-corrected chi connectivity index (χ4v) is 2.86. The van der Waals surface area contributed by atoms with E-state index >= 15 is 0 Å². The Labute approximate surface area is 146 Å². The summed E-state index contributed by atoms with van der Waals surface area (Å²) in [5.41, 5.74) is 0.717. The largest absolute Gasteiger partial charge is 0.497 e. The van der Waals surface area contributed by atoms with Crippen LogP contribution in [0.5, 0.6) is 5.75 Å². The summed E-state index contributed by atoms with van der Waals surface area (Å²) in [6.45, 7) is 0.0202. The quantitative estimate of drug-likeness (QED) is 0.785. The number of hydrogen-bond acceptors (Lipinski definition) is 4. The van der Waals surface area contributed by atoms with Crippen molar-refractivity contribution >= 4 is 29.3 Å². The van der Waals surface area contributed by atoms with E-state index in [2.05, 4.69) is 5.32 Å². The number of likely N-dealkylation sites (N-methyl/N-ethyl adjacent to an activating group) is 1. The van der Waals surface area contributed by atoms with Crippen molar-refractivity contribution in [3.8, 4) is 5.75 Å². The number of amides is 2. The summed E-state index contributed by atoms with van der Waals surface area (Å²) in [7, 11) is 3.23. The summed E-state index contributed by atoms with van der Waals surface area (Å²) in [5.74, 6) is 0.694. The Morgan fingerprint density at radius 3 is 2.58 bits per heavy atom. The molecule has 0 aromatic heterocycles. The molecule has 0 spiro atoms. The van der Waals surface area contributed by atoms with Gasteiger partial charge >= 0.3 is 0 Å². The number of para-hydroxylation sites is 1. The highest BCUT2D eigenvalue weighted by Gasteiger charge is 2.13. The molecule has 0 bridgehead atoms. The number of ether oxygens (including phenoxy) is 1. The number of thioether (sulfide) groups is 1. The van der Waals surface area contributed by atoms with Crippen molar-refractivity contribution < 1.29 is 14.3 Å². The Balaban J connectivity index is 1.80. The van der Waals surface area contributed by atoms with E-state index in [-0.39, 0.29) is 24.1 Å². The molecule has 6 heteroatoms. The van der Waals surface area contributed by atoms with E-state index in [1.165, 1.54) is 16.7 Å². The van der Waals surface area contributed by atoms with Crippen molar-refractivity contribution in [3.05, 3.63) is 54.6 Å². The minimum atomic E-state index is -0.219. The third-order valence-electron chi connectivity index (χ3n) is 3.27. The lowest BCUT2D eigenvalue weighted by molar-refractivity contribution is -0.131. The molecule has 2 aromatic rings. The standard InChI is InChI=1S/C18H20N2O3S/c1-20(12-17(21)19-14-7-4-3-5-8-14)18(22)13-24-16-10-6-9-15(11-16)23-2/h3-11H,12-13H2,1-2H3,(H,19,21). The Hall–Kier alpha value is -2.47. The molecule has 24 heavy (non-hydrogen) atoms. The molecule has 0 unspecified atom stereocenters. The van der Waals surface area contributed by atoms with Gasteiger partial charge in [0.25, 0.3) is 0 Å². The van der Waals surface area contributed by atoms with Crippen molar-refractivity contribution in [1.29, 1.82) is 0 Å². The molecule has 126 valence electrons. The van der Waals surface area contributed by atoms with Crippen LogP contribution < -0.4 is 10.1 Å². The van der Waals surface area contributed by atoms with E-state index in [4.69, 9.17) is 4.74 Å². The highest BCUT2D eigenvalue weighted by Crippen LogP contribution is 2.22. The van der Waals surface area contributed by atoms with Crippen LogP contribution in [0.1, 0.15) is 0 Å². The van der Waals surface area contributed by atoms with Gasteiger partial charge in [-0.2, -0.15) is 0 Å². The van der Waals surface area contributed by atoms with Crippen LogP contribution in [0.2, 0.25) is 0 Å². The van der Waals surface area contributed by atoms with Crippen LogP contribution in [0.3, 0.4) is 0 Å². The van der Waals surface area contributed by atoms with Gasteiger partial charge < -0.3 is 15.0 Å². The number of anilines is 1. The number of carbonyl (C=O) groups excluding carboxylic acids is 2. The number of carbonyl (C=O) groups is 2. The summed E-state index contributed by atoms with van der Waals surface area (Å²) < 4.78 is 5.16. The highest BCUT2D eigenvalue weighted by atomic mass is 32.2. The normalized spacial score (nSPS) is 10.1. The van der Waals surface area contributed by atoms with Crippen molar-refractivity contribution in [2.45, 2.75) is 4.90 Å². The average Bonchev–Trinajstić information content (AvgIpc) is 2.60. The Morgan fingerprint density at radius 2 is 1.88 bits per heavy atom. The third kappa shape index (κ3) is 5.62. The molecular weight excluding hydrogens is 324 g/mol. The molecule has 0 heterocycles. The molecule has 0 fully saturated rings. The van der Waals surface area contributed by atoms with Crippen LogP contribution in [-0.2, 0) is 9.59 Å². The van der Waals surface area contributed by atoms with Gasteiger partial charge in [-0.15, -0.1) is 11.8 Å². The minimum absolute atomic E-state index is 0.0202. The second-order valence-corrected chi connectivity index (χ2v) is 6.18. The minimum Gasteiger partial charge on any atom is -0.497 e. The van der Waals surface area contributed by atoms with Gasteiger partial charge in [-0.05, 0) is 30.3 Å². The molecule has 5 nitrogen and oxygen atoms in total. The lowest BCUT2D eigenvalue weighted by atomic mass is 10.3. The van der Waals surface area contributed by atoms with E-state index in [0.717, 1.165) is 10.6 Å². The monoisotopic (exact) mass is 344 g/mol. The molecule has 0 atom stereocenters. The maximum atomic E-state index is 12.2. The first kappa shape index (κ1) is 17.9. The molecule has 2 amide bonds. The predicted molar refractivity (Wildman–Crippen MR) is 96.4 cm³/mol. The molecule has 1 N–H and O–H groups in total. The van der Waals surface area contributed by atoms with Crippen LogP contribution in [0.15, 0.2) is 59.5 Å². The fraction of sp³-hybridized carbons (Fsp3) is 0.222. The Bertz CT molecular complexity index is 692. The van der Waals surface area contributed by atoms with Crippen LogP contribution in [0.25, 0.3) is 0 Å². The first-order chi connectivity index (χ1) is 11.6. The summed E-state index contributed by atoms with van der Waals surface area (Å²) in [5, 5.41) is 2.76. The maximum Gasteiger partial charge on any atom is 0.243 e. The second kappa shape index (κ2) is 8.98. The molecular formula is C18H20N2O3S. The van der Waals surface area contributed by atoms with E-state index in [9.17, 15) is 9.59 Å². The van der Waals surface area contributed by atoms with Crippen LogP contribution in [-0.4, -0.2) is 43.2 Å². The zero-order valence-electron chi connectivity index (χ0n) is 13.7. The number of nitrogens with one attached hydrogen (secondary N) is 1. The van der Waals surface area contributed by atoms with Crippen molar-refractivity contribution in [2.75, 3.05) is 31.8 Å². The van der Waals surface area contributed by atoms with Gasteiger partial charge in [0.15, 0.2) is 0 Å². The molecule has 0 saturated carbocycles. The third-order valence-corrected chi connectivity index (χ3v) is 4.25. The molecule has 0 aliphatic heterocycles. The Morgan fingerprint density at radius 1 is 1.12 bits per heavy atom. The molecule has 0 saturated heterocycles. The van der Waals surface area contributed by atoms with Crippen LogP contribution in [0.4, 0.5) is 5.69 Å². The topological polar surface area (TPSA) is 58.6 Å². The number of rotatable bonds is 7. The predicted octanol–water partition coefficient (Wildman–Crippen LogP) is 2.88. The maximum absolute atomic E-state index is 12.2. The van der Waals surface area contributed by atoms with Crippen molar-refractivity contribution in [3.63, 3.8) is 0 Å². The molecule has 0 radical (unpaired) electrons. The van der Waals surface area contributed by atoms with Gasteiger partial charge in [0.2, 0.25) is 11.8 Å². The number of benzene rings is 2. The first-order valence-corrected chi connectivity index (χ1v) is 8.43. The molecule has 0 aliphatic rings. The zero-order chi connectivity index (χ0) is 17.4. The Kier molecular flexibility index (Phi) is 6.69. The number of hydrogen-bond donors (Lipinski definition) is 1. The number of methoxy groups -OCH3 is 1. The van der Waals surface area contributed by atoms with Gasteiger partial charge in [-0.25, -0.2) is 0 Å². The van der Waals surface area contributed by atoms with Crippen molar-refractivity contribution in [2.24, 2.45) is 0 Å². The summed E-state index contributed by atoms with van der Waals surface area (Å²) in [6, 6.07) is 16.7. The van der Waals surface area contributed by atoms with E-state index in [1.807, 2.05) is 42.5 Å². The van der Waals surface area contributed by atoms with Gasteiger partial charge in [0, 0.05) is 17.6 Å². The van der Waals surface area contributed by atoms with Gasteiger partial charge in [0.1, 0.15) is 5.75 Å². The van der Waals surface area contributed by atoms with Gasteiger partial charge in [0.05, 0.1) is 19.4 Å².